The fraction of sp³-hybridized carbons (Fsp3) is 0.533. The summed E-state index contributed by atoms with van der Waals surface area (Å²) in [5.74, 6) is 0.289. The van der Waals surface area contributed by atoms with E-state index < -0.39 is 10.0 Å². The van der Waals surface area contributed by atoms with Crippen LogP contribution in [0.3, 0.4) is 0 Å². The molecular weight excluding hydrogens is 302 g/mol. The van der Waals surface area contributed by atoms with Crippen LogP contribution >= 0.6 is 0 Å². The summed E-state index contributed by atoms with van der Waals surface area (Å²) in [5, 5.41) is 10.9. The molecule has 1 aliphatic rings. The number of nitrogens with one attached hydrogen (secondary N) is 2. The molecule has 0 heterocycles. The Bertz CT molecular complexity index is 700. The zero-order valence-electron chi connectivity index (χ0n) is 13.3. The molecule has 0 aliphatic heterocycles. The normalized spacial score (nSPS) is 24.2. The fourth-order valence-corrected chi connectivity index (χ4v) is 3.19. The largest absolute Gasteiger partial charge is 0.386 e. The van der Waals surface area contributed by atoms with Gasteiger partial charge in [-0.2, -0.15) is 0 Å². The minimum atomic E-state index is -3.81. The van der Waals surface area contributed by atoms with Gasteiger partial charge in [-0.25, -0.2) is 13.6 Å². The van der Waals surface area contributed by atoms with Gasteiger partial charge in [0, 0.05) is 13.0 Å². The van der Waals surface area contributed by atoms with Crippen LogP contribution in [0.25, 0.3) is 0 Å². The third-order valence-corrected chi connectivity index (χ3v) is 5.67. The Morgan fingerprint density at radius 1 is 1.36 bits per heavy atom. The number of sulfonamides is 1. The molecule has 6 nitrogen and oxygen atoms in total. The Balaban J connectivity index is 2.24. The maximum atomic E-state index is 12.4. The number of benzene rings is 1. The molecule has 2 atom stereocenters. The number of rotatable bonds is 5. The molecule has 1 aliphatic carbocycles. The second-order valence-corrected chi connectivity index (χ2v) is 7.97. The van der Waals surface area contributed by atoms with Crippen LogP contribution in [-0.4, -0.2) is 21.4 Å². The van der Waals surface area contributed by atoms with E-state index in [0.717, 1.165) is 6.42 Å². The topological polar surface area (TPSA) is 101 Å². The summed E-state index contributed by atoms with van der Waals surface area (Å²) in [6, 6.07) is 4.38. The van der Waals surface area contributed by atoms with Gasteiger partial charge < -0.3 is 10.6 Å². The highest BCUT2D eigenvalue weighted by Crippen LogP contribution is 2.57. The number of nitrogens with two attached hydrogens (primary N) is 1. The van der Waals surface area contributed by atoms with Crippen LogP contribution in [0.4, 0.5) is 11.4 Å². The molecule has 1 amide bonds. The average molecular weight is 325 g/mol. The SMILES string of the molecule is CNc1ccc(S(N)(=O)=O)cc1NC(=O)C1CC1(C)C(C)C. The predicted molar refractivity (Wildman–Crippen MR) is 87.0 cm³/mol. The Morgan fingerprint density at radius 2 is 2.00 bits per heavy atom. The lowest BCUT2D eigenvalue weighted by Crippen LogP contribution is -2.21. The molecule has 122 valence electrons. The number of hydrogen-bond donors (Lipinski definition) is 3. The zero-order valence-corrected chi connectivity index (χ0v) is 14.1. The van der Waals surface area contributed by atoms with Gasteiger partial charge in [-0.05, 0) is 36.0 Å². The Labute approximate surface area is 131 Å². The Morgan fingerprint density at radius 3 is 2.45 bits per heavy atom. The third-order valence-electron chi connectivity index (χ3n) is 4.76. The first-order valence-corrected chi connectivity index (χ1v) is 8.79. The summed E-state index contributed by atoms with van der Waals surface area (Å²) in [4.78, 5) is 12.4. The molecule has 0 aromatic heterocycles. The highest BCUT2D eigenvalue weighted by molar-refractivity contribution is 7.89. The van der Waals surface area contributed by atoms with E-state index in [4.69, 9.17) is 5.14 Å². The first kappa shape index (κ1) is 16.8. The van der Waals surface area contributed by atoms with E-state index >= 15 is 0 Å². The van der Waals surface area contributed by atoms with Gasteiger partial charge in [0.05, 0.1) is 16.3 Å². The molecule has 0 spiro atoms. The van der Waals surface area contributed by atoms with Gasteiger partial charge in [0.15, 0.2) is 0 Å². The molecule has 2 unspecified atom stereocenters. The summed E-state index contributed by atoms with van der Waals surface area (Å²) in [6.07, 6.45) is 0.847. The summed E-state index contributed by atoms with van der Waals surface area (Å²) >= 11 is 0. The highest BCUT2D eigenvalue weighted by Gasteiger charge is 2.56. The first-order valence-electron chi connectivity index (χ1n) is 7.25. The number of carbonyl (C=O) groups excluding carboxylic acids is 1. The van der Waals surface area contributed by atoms with E-state index in [-0.39, 0.29) is 22.1 Å². The third kappa shape index (κ3) is 3.10. The van der Waals surface area contributed by atoms with Crippen molar-refractivity contribution in [1.82, 2.24) is 0 Å². The van der Waals surface area contributed by atoms with E-state index in [1.54, 1.807) is 13.1 Å². The van der Waals surface area contributed by atoms with Gasteiger partial charge in [-0.1, -0.05) is 20.8 Å². The molecule has 1 aromatic rings. The summed E-state index contributed by atoms with van der Waals surface area (Å²) in [6.45, 7) is 6.31. The van der Waals surface area contributed by atoms with Crippen molar-refractivity contribution in [2.75, 3.05) is 17.7 Å². The number of hydrogen-bond acceptors (Lipinski definition) is 4. The summed E-state index contributed by atoms with van der Waals surface area (Å²) < 4.78 is 22.9. The maximum absolute atomic E-state index is 12.4. The van der Waals surface area contributed by atoms with Crippen LogP contribution in [0.5, 0.6) is 0 Å². The van der Waals surface area contributed by atoms with Crippen molar-refractivity contribution in [3.8, 4) is 0 Å². The molecule has 0 bridgehead atoms. The maximum Gasteiger partial charge on any atom is 0.238 e. The van der Waals surface area contributed by atoms with Crippen LogP contribution in [0.1, 0.15) is 27.2 Å². The van der Waals surface area contributed by atoms with Crippen LogP contribution in [0.15, 0.2) is 23.1 Å². The van der Waals surface area contributed by atoms with Gasteiger partial charge in [0.2, 0.25) is 15.9 Å². The second-order valence-electron chi connectivity index (χ2n) is 6.41. The average Bonchev–Trinajstić information content (AvgIpc) is 3.12. The molecular formula is C15H23N3O3S. The molecule has 4 N–H and O–H groups in total. The lowest BCUT2D eigenvalue weighted by molar-refractivity contribution is -0.118. The molecule has 2 rings (SSSR count). The van der Waals surface area contributed by atoms with Crippen LogP contribution in [0, 0.1) is 17.3 Å². The van der Waals surface area contributed by atoms with E-state index in [9.17, 15) is 13.2 Å². The van der Waals surface area contributed by atoms with E-state index in [1.165, 1.54) is 12.1 Å². The summed E-state index contributed by atoms with van der Waals surface area (Å²) in [7, 11) is -2.10. The quantitative estimate of drug-likeness (QED) is 0.770. The molecule has 1 saturated carbocycles. The lowest BCUT2D eigenvalue weighted by Gasteiger charge is -2.16. The number of amides is 1. The number of anilines is 2. The standard InChI is InChI=1S/C15H23N3O3S/c1-9(2)15(3)8-11(15)14(19)18-13-7-10(22(16,20)21)5-6-12(13)17-4/h5-7,9,11,17H,8H2,1-4H3,(H,18,19)(H2,16,20,21). The Hall–Kier alpha value is -1.60. The van der Waals surface area contributed by atoms with Crippen molar-refractivity contribution in [1.29, 1.82) is 0 Å². The molecule has 22 heavy (non-hydrogen) atoms. The number of primary sulfonamides is 1. The monoisotopic (exact) mass is 325 g/mol. The lowest BCUT2D eigenvalue weighted by atomic mass is 9.92. The predicted octanol–water partition coefficient (Wildman–Crippen LogP) is 2.00. The van der Waals surface area contributed by atoms with Crippen LogP contribution in [-0.2, 0) is 14.8 Å². The minimum Gasteiger partial charge on any atom is -0.386 e. The number of carbonyl (C=O) groups is 1. The van der Waals surface area contributed by atoms with Crippen LogP contribution in [0.2, 0.25) is 0 Å². The molecule has 1 aromatic carbocycles. The smallest absolute Gasteiger partial charge is 0.238 e. The van der Waals surface area contributed by atoms with Crippen molar-refractivity contribution in [2.45, 2.75) is 32.1 Å². The van der Waals surface area contributed by atoms with E-state index in [1.807, 2.05) is 0 Å². The molecule has 0 saturated heterocycles. The van der Waals surface area contributed by atoms with Crippen LogP contribution < -0.4 is 15.8 Å². The molecule has 7 heteroatoms. The van der Waals surface area contributed by atoms with Crippen molar-refractivity contribution < 1.29 is 13.2 Å². The van der Waals surface area contributed by atoms with Gasteiger partial charge in [-0.3, -0.25) is 4.79 Å². The minimum absolute atomic E-state index is 0.0153. The second kappa shape index (κ2) is 5.55. The first-order chi connectivity index (χ1) is 10.1. The van der Waals surface area contributed by atoms with Gasteiger partial charge in [-0.15, -0.1) is 0 Å². The van der Waals surface area contributed by atoms with Gasteiger partial charge >= 0.3 is 0 Å². The highest BCUT2D eigenvalue weighted by atomic mass is 32.2. The zero-order chi connectivity index (χ0) is 16.7. The molecule has 0 radical (unpaired) electrons. The van der Waals surface area contributed by atoms with E-state index in [2.05, 4.69) is 31.4 Å². The van der Waals surface area contributed by atoms with Crippen molar-refractivity contribution in [2.24, 2.45) is 22.4 Å². The van der Waals surface area contributed by atoms with Gasteiger partial charge in [0.25, 0.3) is 0 Å². The summed E-state index contributed by atoms with van der Waals surface area (Å²) in [5.41, 5.74) is 1.09. The van der Waals surface area contributed by atoms with Crippen molar-refractivity contribution >= 4 is 27.3 Å². The van der Waals surface area contributed by atoms with Crippen molar-refractivity contribution in [3.05, 3.63) is 18.2 Å². The fourth-order valence-electron chi connectivity index (χ4n) is 2.65. The Kier molecular flexibility index (Phi) is 4.23. The molecule has 1 fully saturated rings. The van der Waals surface area contributed by atoms with Crippen molar-refractivity contribution in [3.63, 3.8) is 0 Å². The van der Waals surface area contributed by atoms with E-state index in [0.29, 0.717) is 17.3 Å². The van der Waals surface area contributed by atoms with Gasteiger partial charge in [0.1, 0.15) is 0 Å².